The maximum absolute atomic E-state index is 12.9. The van der Waals surface area contributed by atoms with E-state index >= 15 is 0 Å². The SMILES string of the molecule is O=C(O)C(=O)Cc1cc(Br)cnc1F. The molecule has 1 heterocycles. The molecule has 0 atom stereocenters. The number of carboxylic acids is 1. The minimum absolute atomic E-state index is 0.0354. The van der Waals surface area contributed by atoms with Gasteiger partial charge in [0.1, 0.15) is 0 Å². The van der Waals surface area contributed by atoms with Crippen LogP contribution in [0.4, 0.5) is 4.39 Å². The van der Waals surface area contributed by atoms with Gasteiger partial charge < -0.3 is 5.11 Å². The normalized spacial score (nSPS) is 9.86. The van der Waals surface area contributed by atoms with Crippen LogP contribution in [0.3, 0.4) is 0 Å². The zero-order chi connectivity index (χ0) is 10.7. The molecule has 74 valence electrons. The van der Waals surface area contributed by atoms with Gasteiger partial charge in [-0.05, 0) is 22.0 Å². The Balaban J connectivity index is 2.91. The fourth-order valence-electron chi connectivity index (χ4n) is 0.837. The maximum atomic E-state index is 12.9. The van der Waals surface area contributed by atoms with Gasteiger partial charge in [0.15, 0.2) is 0 Å². The molecule has 1 aromatic rings. The number of carbonyl (C=O) groups excluding carboxylic acids is 1. The van der Waals surface area contributed by atoms with Crippen molar-refractivity contribution in [3.05, 3.63) is 28.2 Å². The molecule has 1 N–H and O–H groups in total. The average molecular weight is 262 g/mol. The van der Waals surface area contributed by atoms with Crippen LogP contribution in [0.15, 0.2) is 16.7 Å². The number of rotatable bonds is 3. The number of aromatic nitrogens is 1. The quantitative estimate of drug-likeness (QED) is 0.656. The molecule has 0 spiro atoms. The van der Waals surface area contributed by atoms with E-state index in [2.05, 4.69) is 20.9 Å². The Morgan fingerprint density at radius 2 is 2.21 bits per heavy atom. The van der Waals surface area contributed by atoms with Crippen molar-refractivity contribution in [1.29, 1.82) is 0 Å². The topological polar surface area (TPSA) is 67.3 Å². The van der Waals surface area contributed by atoms with Gasteiger partial charge in [0.05, 0.1) is 0 Å². The van der Waals surface area contributed by atoms with Crippen LogP contribution in [-0.2, 0) is 16.0 Å². The highest BCUT2D eigenvalue weighted by Gasteiger charge is 2.15. The molecule has 1 aromatic heterocycles. The molecule has 0 aliphatic carbocycles. The van der Waals surface area contributed by atoms with Crippen molar-refractivity contribution in [2.24, 2.45) is 0 Å². The van der Waals surface area contributed by atoms with E-state index in [1.54, 1.807) is 0 Å². The first-order valence-corrected chi connectivity index (χ1v) is 4.36. The molecular weight excluding hydrogens is 257 g/mol. The van der Waals surface area contributed by atoms with Crippen LogP contribution in [0.5, 0.6) is 0 Å². The van der Waals surface area contributed by atoms with Crippen LogP contribution < -0.4 is 0 Å². The Bertz CT molecular complexity index is 394. The number of carboxylic acid groups (broad SMARTS) is 1. The van der Waals surface area contributed by atoms with Gasteiger partial charge in [0.25, 0.3) is 0 Å². The standard InChI is InChI=1S/C8H5BrFNO3/c9-5-1-4(7(10)11-3-5)2-6(12)8(13)14/h1,3H,2H2,(H,13,14). The Hall–Kier alpha value is -1.30. The lowest BCUT2D eigenvalue weighted by Gasteiger charge is -1.99. The predicted molar refractivity (Wildman–Crippen MR) is 48.2 cm³/mol. The smallest absolute Gasteiger partial charge is 0.372 e. The maximum Gasteiger partial charge on any atom is 0.372 e. The molecule has 0 fully saturated rings. The summed E-state index contributed by atoms with van der Waals surface area (Å²) in [5, 5.41) is 8.30. The lowest BCUT2D eigenvalue weighted by molar-refractivity contribution is -0.148. The molecule has 0 radical (unpaired) electrons. The molecule has 0 aliphatic rings. The highest BCUT2D eigenvalue weighted by molar-refractivity contribution is 9.10. The number of nitrogens with zero attached hydrogens (tertiary/aromatic N) is 1. The summed E-state index contributed by atoms with van der Waals surface area (Å²) >= 11 is 3.04. The molecule has 0 aliphatic heterocycles. The minimum Gasteiger partial charge on any atom is -0.475 e. The van der Waals surface area contributed by atoms with Gasteiger partial charge in [-0.1, -0.05) is 0 Å². The lowest BCUT2D eigenvalue weighted by Crippen LogP contribution is -2.16. The van der Waals surface area contributed by atoms with Crippen molar-refractivity contribution < 1.29 is 19.1 Å². The predicted octanol–water partition coefficient (Wildman–Crippen LogP) is 1.18. The second-order valence-electron chi connectivity index (χ2n) is 2.51. The molecule has 0 bridgehead atoms. The van der Waals surface area contributed by atoms with Crippen molar-refractivity contribution >= 4 is 27.7 Å². The first kappa shape index (κ1) is 10.8. The summed E-state index contributed by atoms with van der Waals surface area (Å²) in [5.74, 6) is -3.48. The molecule has 14 heavy (non-hydrogen) atoms. The van der Waals surface area contributed by atoms with Crippen LogP contribution >= 0.6 is 15.9 Å². The molecule has 0 aromatic carbocycles. The summed E-state index contributed by atoms with van der Waals surface area (Å²) < 4.78 is 13.4. The Morgan fingerprint density at radius 3 is 2.79 bits per heavy atom. The Morgan fingerprint density at radius 1 is 1.57 bits per heavy atom. The summed E-state index contributed by atoms with van der Waals surface area (Å²) in [6.45, 7) is 0. The van der Waals surface area contributed by atoms with Gasteiger partial charge in [-0.25, -0.2) is 9.78 Å². The van der Waals surface area contributed by atoms with E-state index in [0.717, 1.165) is 0 Å². The van der Waals surface area contributed by atoms with Crippen molar-refractivity contribution in [2.75, 3.05) is 0 Å². The monoisotopic (exact) mass is 261 g/mol. The Labute approximate surface area is 86.9 Å². The molecule has 0 amide bonds. The fraction of sp³-hybridized carbons (Fsp3) is 0.125. The molecule has 0 saturated heterocycles. The van der Waals surface area contributed by atoms with E-state index in [1.807, 2.05) is 0 Å². The van der Waals surface area contributed by atoms with E-state index in [-0.39, 0.29) is 5.56 Å². The minimum atomic E-state index is -1.58. The van der Waals surface area contributed by atoms with E-state index in [0.29, 0.717) is 4.47 Å². The van der Waals surface area contributed by atoms with E-state index in [9.17, 15) is 14.0 Å². The van der Waals surface area contributed by atoms with Crippen molar-refractivity contribution in [3.63, 3.8) is 0 Å². The second-order valence-corrected chi connectivity index (χ2v) is 3.42. The highest BCUT2D eigenvalue weighted by atomic mass is 79.9. The summed E-state index contributed by atoms with van der Waals surface area (Å²) in [4.78, 5) is 24.3. The number of hydrogen-bond acceptors (Lipinski definition) is 3. The first-order valence-electron chi connectivity index (χ1n) is 3.56. The third-order valence-electron chi connectivity index (χ3n) is 1.47. The van der Waals surface area contributed by atoms with Gasteiger partial charge in [-0.2, -0.15) is 4.39 Å². The number of ketones is 1. The second kappa shape index (κ2) is 4.28. The van der Waals surface area contributed by atoms with Gasteiger partial charge in [-0.15, -0.1) is 0 Å². The third kappa shape index (κ3) is 2.59. The summed E-state index contributed by atoms with van der Waals surface area (Å²) in [7, 11) is 0. The third-order valence-corrected chi connectivity index (χ3v) is 1.90. The lowest BCUT2D eigenvalue weighted by atomic mass is 10.1. The molecule has 0 unspecified atom stereocenters. The molecule has 1 rings (SSSR count). The van der Waals surface area contributed by atoms with Crippen LogP contribution in [0.2, 0.25) is 0 Å². The molecule has 6 heteroatoms. The number of carbonyl (C=O) groups is 2. The summed E-state index contributed by atoms with van der Waals surface area (Å²) in [6.07, 6.45) is 0.734. The summed E-state index contributed by atoms with van der Waals surface area (Å²) in [6, 6.07) is 1.32. The van der Waals surface area contributed by atoms with E-state index < -0.39 is 24.1 Å². The number of Topliss-reactive ketones (excluding diaryl/α,β-unsaturated/α-hetero) is 1. The van der Waals surface area contributed by atoms with Crippen LogP contribution in [0.25, 0.3) is 0 Å². The van der Waals surface area contributed by atoms with Crippen LogP contribution in [-0.4, -0.2) is 21.8 Å². The van der Waals surface area contributed by atoms with Crippen LogP contribution in [0.1, 0.15) is 5.56 Å². The molecule has 4 nitrogen and oxygen atoms in total. The van der Waals surface area contributed by atoms with Gasteiger partial charge >= 0.3 is 5.97 Å². The number of aliphatic carboxylic acids is 1. The zero-order valence-electron chi connectivity index (χ0n) is 6.83. The molecule has 0 saturated carbocycles. The van der Waals surface area contributed by atoms with E-state index in [1.165, 1.54) is 12.3 Å². The van der Waals surface area contributed by atoms with Gasteiger partial charge in [0, 0.05) is 22.7 Å². The van der Waals surface area contributed by atoms with Crippen molar-refractivity contribution in [2.45, 2.75) is 6.42 Å². The summed E-state index contributed by atoms with van der Waals surface area (Å²) in [5.41, 5.74) is -0.0354. The molecular formula is C8H5BrFNO3. The van der Waals surface area contributed by atoms with Crippen LogP contribution in [0, 0.1) is 5.95 Å². The highest BCUT2D eigenvalue weighted by Crippen LogP contribution is 2.13. The Kier molecular flexibility index (Phi) is 3.29. The van der Waals surface area contributed by atoms with Gasteiger partial charge in [-0.3, -0.25) is 4.79 Å². The average Bonchev–Trinajstić information content (AvgIpc) is 2.11. The number of pyridine rings is 1. The number of halogens is 2. The first-order chi connectivity index (χ1) is 6.50. The zero-order valence-corrected chi connectivity index (χ0v) is 8.41. The van der Waals surface area contributed by atoms with Crippen molar-refractivity contribution in [3.8, 4) is 0 Å². The largest absolute Gasteiger partial charge is 0.475 e. The van der Waals surface area contributed by atoms with Crippen molar-refractivity contribution in [1.82, 2.24) is 4.98 Å². The van der Waals surface area contributed by atoms with E-state index in [4.69, 9.17) is 5.11 Å². The van der Waals surface area contributed by atoms with Gasteiger partial charge in [0.2, 0.25) is 11.7 Å². The fourth-order valence-corrected chi connectivity index (χ4v) is 1.22. The number of hydrogen-bond donors (Lipinski definition) is 1.